The minimum absolute atomic E-state index is 0.320. The fraction of sp³-hybridized carbons (Fsp3) is 0.500. The Bertz CT molecular complexity index is 635. The van der Waals surface area contributed by atoms with Crippen LogP contribution in [-0.2, 0) is 6.54 Å². The molecule has 2 aromatic heterocycles. The Hall–Kier alpha value is -1.73. The van der Waals surface area contributed by atoms with Crippen molar-refractivity contribution < 1.29 is 4.79 Å². The highest BCUT2D eigenvalue weighted by Crippen LogP contribution is 2.27. The molecule has 21 heavy (non-hydrogen) atoms. The maximum Gasteiger partial charge on any atom is 0.269 e. The molecule has 6 nitrogen and oxygen atoms in total. The molecule has 0 aliphatic carbocycles. The van der Waals surface area contributed by atoms with E-state index in [1.54, 1.807) is 17.4 Å². The van der Waals surface area contributed by atoms with E-state index < -0.39 is 5.91 Å². The summed E-state index contributed by atoms with van der Waals surface area (Å²) in [6, 6.07) is 1.79. The first-order valence-electron chi connectivity index (χ1n) is 7.10. The Morgan fingerprint density at radius 1 is 1.62 bits per heavy atom. The molecule has 0 bridgehead atoms. The van der Waals surface area contributed by atoms with Crippen molar-refractivity contribution >= 4 is 17.2 Å². The van der Waals surface area contributed by atoms with E-state index in [2.05, 4.69) is 20.1 Å². The van der Waals surface area contributed by atoms with Crippen molar-refractivity contribution in [1.29, 1.82) is 0 Å². The average molecular weight is 305 g/mol. The number of hydrogen-bond donors (Lipinski definition) is 2. The number of piperidine rings is 1. The number of carbonyl (C=O) groups is 1. The van der Waals surface area contributed by atoms with Gasteiger partial charge in [-0.2, -0.15) is 5.10 Å². The van der Waals surface area contributed by atoms with E-state index in [9.17, 15) is 4.79 Å². The number of aromatic amines is 1. The fourth-order valence-corrected chi connectivity index (χ4v) is 3.66. The molecule has 1 atom stereocenters. The van der Waals surface area contributed by atoms with E-state index in [4.69, 9.17) is 5.73 Å². The molecule has 1 aliphatic rings. The van der Waals surface area contributed by atoms with Crippen molar-refractivity contribution in [3.05, 3.63) is 33.5 Å². The Balaban J connectivity index is 1.66. The van der Waals surface area contributed by atoms with Gasteiger partial charge in [-0.25, -0.2) is 4.98 Å². The Kier molecular flexibility index (Phi) is 4.03. The van der Waals surface area contributed by atoms with Gasteiger partial charge in [0.2, 0.25) is 0 Å². The molecule has 1 saturated heterocycles. The first-order chi connectivity index (χ1) is 10.1. The van der Waals surface area contributed by atoms with Gasteiger partial charge in [0, 0.05) is 35.8 Å². The van der Waals surface area contributed by atoms with E-state index >= 15 is 0 Å². The number of nitrogens with one attached hydrogen (secondary N) is 1. The summed E-state index contributed by atoms with van der Waals surface area (Å²) >= 11 is 1.75. The SMILES string of the molecule is Cc1ncc(CN2CCC[C@@H](c3cc(C(N)=O)n[nH]3)C2)s1. The van der Waals surface area contributed by atoms with Gasteiger partial charge in [0.1, 0.15) is 5.69 Å². The third-order valence-electron chi connectivity index (χ3n) is 3.84. The third kappa shape index (κ3) is 3.30. The molecule has 0 unspecified atom stereocenters. The zero-order chi connectivity index (χ0) is 14.8. The highest BCUT2D eigenvalue weighted by atomic mass is 32.1. The molecular weight excluding hydrogens is 286 g/mol. The van der Waals surface area contributed by atoms with Crippen LogP contribution in [-0.4, -0.2) is 39.1 Å². The zero-order valence-electron chi connectivity index (χ0n) is 12.0. The number of nitrogens with two attached hydrogens (primary N) is 1. The van der Waals surface area contributed by atoms with Crippen LogP contribution in [0.1, 0.15) is 44.8 Å². The van der Waals surface area contributed by atoms with Crippen LogP contribution < -0.4 is 5.73 Å². The number of primary amides is 1. The van der Waals surface area contributed by atoms with Crippen LogP contribution in [0.4, 0.5) is 0 Å². The maximum atomic E-state index is 11.1. The third-order valence-corrected chi connectivity index (χ3v) is 4.74. The lowest BCUT2D eigenvalue weighted by molar-refractivity contribution is 0.0995. The Labute approximate surface area is 127 Å². The fourth-order valence-electron chi connectivity index (χ4n) is 2.82. The summed E-state index contributed by atoms with van der Waals surface area (Å²) in [6.45, 7) is 5.05. The number of rotatable bonds is 4. The number of likely N-dealkylation sites (tertiary alicyclic amines) is 1. The molecule has 7 heteroatoms. The molecule has 0 radical (unpaired) electrons. The smallest absolute Gasteiger partial charge is 0.269 e. The van der Waals surface area contributed by atoms with E-state index in [1.165, 1.54) is 4.88 Å². The van der Waals surface area contributed by atoms with Crippen molar-refractivity contribution in [3.8, 4) is 0 Å². The summed E-state index contributed by atoms with van der Waals surface area (Å²) in [6.07, 6.45) is 4.22. The van der Waals surface area contributed by atoms with Crippen LogP contribution in [0.3, 0.4) is 0 Å². The normalized spacial score (nSPS) is 19.8. The lowest BCUT2D eigenvalue weighted by Crippen LogP contribution is -2.33. The number of amides is 1. The van der Waals surface area contributed by atoms with Crippen LogP contribution in [0.15, 0.2) is 12.3 Å². The molecule has 0 saturated carbocycles. The summed E-state index contributed by atoms with van der Waals surface area (Å²) in [4.78, 5) is 19.2. The average Bonchev–Trinajstić information content (AvgIpc) is 3.08. The van der Waals surface area contributed by atoms with Crippen LogP contribution in [0.2, 0.25) is 0 Å². The molecule has 1 amide bonds. The van der Waals surface area contributed by atoms with Gasteiger partial charge in [0.15, 0.2) is 0 Å². The van der Waals surface area contributed by atoms with Crippen molar-refractivity contribution in [3.63, 3.8) is 0 Å². The van der Waals surface area contributed by atoms with Gasteiger partial charge in [-0.3, -0.25) is 14.8 Å². The Morgan fingerprint density at radius 2 is 2.48 bits per heavy atom. The molecule has 3 heterocycles. The van der Waals surface area contributed by atoms with Crippen LogP contribution in [0.25, 0.3) is 0 Å². The van der Waals surface area contributed by atoms with E-state index in [1.807, 2.05) is 13.1 Å². The largest absolute Gasteiger partial charge is 0.364 e. The summed E-state index contributed by atoms with van der Waals surface area (Å²) < 4.78 is 0. The molecule has 3 rings (SSSR count). The lowest BCUT2D eigenvalue weighted by atomic mass is 9.94. The first-order valence-corrected chi connectivity index (χ1v) is 7.92. The number of aryl methyl sites for hydroxylation is 1. The number of nitrogens with zero attached hydrogens (tertiary/aromatic N) is 3. The molecule has 0 aromatic carbocycles. The second-order valence-electron chi connectivity index (χ2n) is 5.49. The highest BCUT2D eigenvalue weighted by Gasteiger charge is 2.24. The van der Waals surface area contributed by atoms with Crippen molar-refractivity contribution in [2.45, 2.75) is 32.2 Å². The molecule has 112 valence electrons. The molecule has 3 N–H and O–H groups in total. The number of carbonyl (C=O) groups excluding carboxylic acids is 1. The highest BCUT2D eigenvalue weighted by molar-refractivity contribution is 7.11. The van der Waals surface area contributed by atoms with Gasteiger partial charge in [0.25, 0.3) is 5.91 Å². The van der Waals surface area contributed by atoms with E-state index in [0.29, 0.717) is 11.6 Å². The quantitative estimate of drug-likeness (QED) is 0.899. The van der Waals surface area contributed by atoms with Crippen LogP contribution in [0, 0.1) is 6.92 Å². The molecule has 1 aliphatic heterocycles. The van der Waals surface area contributed by atoms with Crippen molar-refractivity contribution in [2.75, 3.05) is 13.1 Å². The van der Waals surface area contributed by atoms with Gasteiger partial charge < -0.3 is 5.73 Å². The van der Waals surface area contributed by atoms with Gasteiger partial charge in [0.05, 0.1) is 5.01 Å². The number of hydrogen-bond acceptors (Lipinski definition) is 5. The monoisotopic (exact) mass is 305 g/mol. The predicted octanol–water partition coefficient (Wildman–Crippen LogP) is 1.65. The molecule has 2 aromatic rings. The molecular formula is C14H19N5OS. The second kappa shape index (κ2) is 5.95. The predicted molar refractivity (Wildman–Crippen MR) is 81.2 cm³/mol. The summed E-state index contributed by atoms with van der Waals surface area (Å²) in [5, 5.41) is 8.04. The summed E-state index contributed by atoms with van der Waals surface area (Å²) in [5.74, 6) is -0.0985. The summed E-state index contributed by atoms with van der Waals surface area (Å²) in [5.41, 5.74) is 6.58. The molecule has 1 fully saturated rings. The van der Waals surface area contributed by atoms with Gasteiger partial charge in [-0.05, 0) is 32.4 Å². The van der Waals surface area contributed by atoms with Crippen molar-refractivity contribution in [2.24, 2.45) is 5.73 Å². The van der Waals surface area contributed by atoms with Crippen LogP contribution in [0.5, 0.6) is 0 Å². The second-order valence-corrected chi connectivity index (χ2v) is 6.81. The van der Waals surface area contributed by atoms with Crippen molar-refractivity contribution in [1.82, 2.24) is 20.1 Å². The van der Waals surface area contributed by atoms with Crippen LogP contribution >= 0.6 is 11.3 Å². The minimum Gasteiger partial charge on any atom is -0.364 e. The van der Waals surface area contributed by atoms with Gasteiger partial charge in [-0.1, -0.05) is 0 Å². The standard InChI is InChI=1S/C14H19N5OS/c1-9-16-6-11(21-9)8-19-4-2-3-10(7-19)12-5-13(14(15)20)18-17-12/h5-6,10H,2-4,7-8H2,1H3,(H2,15,20)(H,17,18)/t10-/m1/s1. The van der Waals surface area contributed by atoms with E-state index in [-0.39, 0.29) is 0 Å². The minimum atomic E-state index is -0.481. The Morgan fingerprint density at radius 3 is 3.14 bits per heavy atom. The summed E-state index contributed by atoms with van der Waals surface area (Å²) in [7, 11) is 0. The maximum absolute atomic E-state index is 11.1. The van der Waals surface area contributed by atoms with E-state index in [0.717, 1.165) is 43.2 Å². The van der Waals surface area contributed by atoms with Gasteiger partial charge >= 0.3 is 0 Å². The zero-order valence-corrected chi connectivity index (χ0v) is 12.8. The van der Waals surface area contributed by atoms with Gasteiger partial charge in [-0.15, -0.1) is 11.3 Å². The lowest BCUT2D eigenvalue weighted by Gasteiger charge is -2.31. The first kappa shape index (κ1) is 14.2. The number of thiazole rings is 1. The number of aromatic nitrogens is 3. The molecule has 0 spiro atoms. The number of H-pyrrole nitrogens is 1. The topological polar surface area (TPSA) is 87.9 Å².